The van der Waals surface area contributed by atoms with Gasteiger partial charge in [-0.1, -0.05) is 0 Å². The summed E-state index contributed by atoms with van der Waals surface area (Å²) in [5.41, 5.74) is 3.86. The van der Waals surface area contributed by atoms with Crippen molar-refractivity contribution in [2.45, 2.75) is 27.2 Å². The molecule has 1 aromatic carbocycles. The van der Waals surface area contributed by atoms with Gasteiger partial charge in [0.1, 0.15) is 5.75 Å². The Hall–Kier alpha value is -2.36. The zero-order chi connectivity index (χ0) is 16.8. The van der Waals surface area contributed by atoms with Gasteiger partial charge in [-0.05, 0) is 68.1 Å². The summed E-state index contributed by atoms with van der Waals surface area (Å²) in [5, 5.41) is 0. The monoisotopic (exact) mass is 312 g/mol. The van der Waals surface area contributed by atoms with E-state index in [-0.39, 0.29) is 5.91 Å². The third-order valence-electron chi connectivity index (χ3n) is 4.06. The molecule has 4 nitrogen and oxygen atoms in total. The van der Waals surface area contributed by atoms with Crippen LogP contribution in [-0.2, 0) is 6.42 Å². The fourth-order valence-corrected chi connectivity index (χ4v) is 2.63. The Morgan fingerprint density at radius 1 is 1.17 bits per heavy atom. The number of methoxy groups -OCH3 is 1. The van der Waals surface area contributed by atoms with Crippen molar-refractivity contribution < 1.29 is 9.53 Å². The Morgan fingerprint density at radius 2 is 1.87 bits per heavy atom. The van der Waals surface area contributed by atoms with Crippen LogP contribution in [0.25, 0.3) is 0 Å². The molecule has 2 aromatic rings. The molecule has 0 N–H and O–H groups in total. The topological polar surface area (TPSA) is 42.4 Å². The number of pyridine rings is 1. The van der Waals surface area contributed by atoms with Crippen LogP contribution >= 0.6 is 0 Å². The standard InChI is InChI=1S/C19H24N2O2/c1-5-21(11-8-16-6-9-20-10-7-16)19(22)17-12-15(3)18(23-4)13-14(17)2/h6-7,9-10,12-13H,5,8,11H2,1-4H3. The Labute approximate surface area is 138 Å². The van der Waals surface area contributed by atoms with E-state index in [0.29, 0.717) is 13.1 Å². The minimum atomic E-state index is 0.0739. The van der Waals surface area contributed by atoms with Crippen molar-refractivity contribution in [3.05, 3.63) is 58.9 Å². The molecule has 0 radical (unpaired) electrons. The number of hydrogen-bond acceptors (Lipinski definition) is 3. The molecule has 0 spiro atoms. The summed E-state index contributed by atoms with van der Waals surface area (Å²) in [6.45, 7) is 7.31. The lowest BCUT2D eigenvalue weighted by atomic mass is 10.0. The largest absolute Gasteiger partial charge is 0.496 e. The van der Waals surface area contributed by atoms with Crippen molar-refractivity contribution in [2.24, 2.45) is 0 Å². The zero-order valence-electron chi connectivity index (χ0n) is 14.3. The number of likely N-dealkylation sites (N-methyl/N-ethyl adjacent to an activating group) is 1. The number of carbonyl (C=O) groups excluding carboxylic acids is 1. The molecule has 2 rings (SSSR count). The van der Waals surface area contributed by atoms with Crippen molar-refractivity contribution in [3.63, 3.8) is 0 Å². The molecular formula is C19H24N2O2. The van der Waals surface area contributed by atoms with Crippen LogP contribution < -0.4 is 4.74 Å². The van der Waals surface area contributed by atoms with Gasteiger partial charge in [0.2, 0.25) is 0 Å². The summed E-state index contributed by atoms with van der Waals surface area (Å²) < 4.78 is 5.32. The van der Waals surface area contributed by atoms with Gasteiger partial charge in [-0.2, -0.15) is 0 Å². The van der Waals surface area contributed by atoms with Crippen LogP contribution in [0, 0.1) is 13.8 Å². The summed E-state index contributed by atoms with van der Waals surface area (Å²) in [7, 11) is 1.65. The number of hydrogen-bond donors (Lipinski definition) is 0. The molecule has 0 aliphatic heterocycles. The molecule has 0 unspecified atom stereocenters. The van der Waals surface area contributed by atoms with Crippen LogP contribution in [0.3, 0.4) is 0 Å². The highest BCUT2D eigenvalue weighted by Crippen LogP contribution is 2.23. The van der Waals surface area contributed by atoms with Gasteiger partial charge < -0.3 is 9.64 Å². The fraction of sp³-hybridized carbons (Fsp3) is 0.368. The molecule has 0 aliphatic carbocycles. The van der Waals surface area contributed by atoms with Crippen molar-refractivity contribution in [1.82, 2.24) is 9.88 Å². The minimum absolute atomic E-state index is 0.0739. The average molecular weight is 312 g/mol. The van der Waals surface area contributed by atoms with Crippen LogP contribution in [0.5, 0.6) is 5.75 Å². The predicted molar refractivity (Wildman–Crippen MR) is 92.0 cm³/mol. The van der Waals surface area contributed by atoms with Crippen LogP contribution in [-0.4, -0.2) is 36.0 Å². The van der Waals surface area contributed by atoms with Crippen molar-refractivity contribution in [2.75, 3.05) is 20.2 Å². The molecule has 1 amide bonds. The normalized spacial score (nSPS) is 10.4. The smallest absolute Gasteiger partial charge is 0.254 e. The molecule has 0 aliphatic rings. The third-order valence-corrected chi connectivity index (χ3v) is 4.06. The van der Waals surface area contributed by atoms with E-state index in [2.05, 4.69) is 4.98 Å². The second kappa shape index (κ2) is 7.77. The number of nitrogens with zero attached hydrogens (tertiary/aromatic N) is 2. The molecule has 4 heteroatoms. The Kier molecular flexibility index (Phi) is 5.74. The van der Waals surface area contributed by atoms with E-state index in [1.165, 1.54) is 5.56 Å². The molecule has 1 aromatic heterocycles. The van der Waals surface area contributed by atoms with Gasteiger partial charge in [0.05, 0.1) is 7.11 Å². The van der Waals surface area contributed by atoms with E-state index in [1.54, 1.807) is 19.5 Å². The summed E-state index contributed by atoms with van der Waals surface area (Å²) in [4.78, 5) is 18.7. The van der Waals surface area contributed by atoms with E-state index in [1.807, 2.05) is 49.9 Å². The molecule has 23 heavy (non-hydrogen) atoms. The number of ether oxygens (including phenoxy) is 1. The lowest BCUT2D eigenvalue weighted by Gasteiger charge is -2.22. The molecule has 0 saturated heterocycles. The van der Waals surface area contributed by atoms with E-state index < -0.39 is 0 Å². The number of carbonyl (C=O) groups is 1. The van der Waals surface area contributed by atoms with Gasteiger partial charge in [0.15, 0.2) is 0 Å². The first kappa shape index (κ1) is 17.0. The van der Waals surface area contributed by atoms with Gasteiger partial charge in [-0.25, -0.2) is 0 Å². The van der Waals surface area contributed by atoms with Crippen LogP contribution in [0.1, 0.15) is 34.0 Å². The predicted octanol–water partition coefficient (Wildman–Crippen LogP) is 3.41. The van der Waals surface area contributed by atoms with Crippen LogP contribution in [0.15, 0.2) is 36.7 Å². The Balaban J connectivity index is 2.15. The highest BCUT2D eigenvalue weighted by Gasteiger charge is 2.17. The maximum atomic E-state index is 12.8. The number of aromatic nitrogens is 1. The summed E-state index contributed by atoms with van der Waals surface area (Å²) in [6, 6.07) is 7.83. The molecule has 0 fully saturated rings. The van der Waals surface area contributed by atoms with E-state index in [4.69, 9.17) is 4.74 Å². The third kappa shape index (κ3) is 4.09. The maximum absolute atomic E-state index is 12.8. The van der Waals surface area contributed by atoms with Crippen molar-refractivity contribution >= 4 is 5.91 Å². The molecule has 0 atom stereocenters. The summed E-state index contributed by atoms with van der Waals surface area (Å²) in [6.07, 6.45) is 4.39. The first-order chi connectivity index (χ1) is 11.1. The molecule has 0 bridgehead atoms. The SMILES string of the molecule is CCN(CCc1ccncc1)C(=O)c1cc(C)c(OC)cc1C. The second-order valence-corrected chi connectivity index (χ2v) is 5.63. The van der Waals surface area contributed by atoms with Crippen LogP contribution in [0.2, 0.25) is 0 Å². The van der Waals surface area contributed by atoms with Gasteiger partial charge in [-0.15, -0.1) is 0 Å². The van der Waals surface area contributed by atoms with Gasteiger partial charge in [0.25, 0.3) is 5.91 Å². The number of amides is 1. The Morgan fingerprint density at radius 3 is 2.48 bits per heavy atom. The molecule has 1 heterocycles. The second-order valence-electron chi connectivity index (χ2n) is 5.63. The maximum Gasteiger partial charge on any atom is 0.254 e. The number of benzene rings is 1. The van der Waals surface area contributed by atoms with Gasteiger partial charge in [-0.3, -0.25) is 9.78 Å². The first-order valence-corrected chi connectivity index (χ1v) is 7.90. The first-order valence-electron chi connectivity index (χ1n) is 7.90. The average Bonchev–Trinajstić information content (AvgIpc) is 2.57. The summed E-state index contributed by atoms with van der Waals surface area (Å²) in [5.74, 6) is 0.892. The molecule has 122 valence electrons. The summed E-state index contributed by atoms with van der Waals surface area (Å²) >= 11 is 0. The number of rotatable bonds is 6. The van der Waals surface area contributed by atoms with E-state index in [0.717, 1.165) is 28.9 Å². The van der Waals surface area contributed by atoms with E-state index >= 15 is 0 Å². The molecule has 0 saturated carbocycles. The molecular weight excluding hydrogens is 288 g/mol. The van der Waals surface area contributed by atoms with Gasteiger partial charge in [0, 0.05) is 31.0 Å². The zero-order valence-corrected chi connectivity index (χ0v) is 14.3. The number of aryl methyl sites for hydroxylation is 2. The highest BCUT2D eigenvalue weighted by molar-refractivity contribution is 5.96. The minimum Gasteiger partial charge on any atom is -0.496 e. The Bertz CT molecular complexity index is 669. The van der Waals surface area contributed by atoms with E-state index in [9.17, 15) is 4.79 Å². The van der Waals surface area contributed by atoms with Gasteiger partial charge >= 0.3 is 0 Å². The van der Waals surface area contributed by atoms with Crippen molar-refractivity contribution in [1.29, 1.82) is 0 Å². The lowest BCUT2D eigenvalue weighted by Crippen LogP contribution is -2.33. The lowest BCUT2D eigenvalue weighted by molar-refractivity contribution is 0.0765. The highest BCUT2D eigenvalue weighted by atomic mass is 16.5. The fourth-order valence-electron chi connectivity index (χ4n) is 2.63. The van der Waals surface area contributed by atoms with Crippen molar-refractivity contribution in [3.8, 4) is 5.75 Å². The van der Waals surface area contributed by atoms with Crippen LogP contribution in [0.4, 0.5) is 0 Å². The quantitative estimate of drug-likeness (QED) is 0.821.